The van der Waals surface area contributed by atoms with Gasteiger partial charge in [-0.3, -0.25) is 0 Å². The highest BCUT2D eigenvalue weighted by molar-refractivity contribution is 6.32. The van der Waals surface area contributed by atoms with E-state index in [2.05, 4.69) is 10.1 Å². The van der Waals surface area contributed by atoms with Crippen LogP contribution < -0.4 is 4.74 Å². The number of aromatic nitrogens is 1. The molecular formula is C16H16ClN3O3. The molecule has 120 valence electrons. The first-order chi connectivity index (χ1) is 11.3. The van der Waals surface area contributed by atoms with E-state index in [0.717, 1.165) is 0 Å². The number of rotatable bonds is 3. The van der Waals surface area contributed by atoms with Crippen molar-refractivity contribution in [3.8, 4) is 11.6 Å². The van der Waals surface area contributed by atoms with Gasteiger partial charge in [-0.15, -0.1) is 0 Å². The Labute approximate surface area is 138 Å². The van der Waals surface area contributed by atoms with Gasteiger partial charge >= 0.3 is 0 Å². The molecule has 0 unspecified atom stereocenters. The van der Waals surface area contributed by atoms with Crippen LogP contribution in [0.2, 0.25) is 5.02 Å². The molecule has 0 spiro atoms. The van der Waals surface area contributed by atoms with Crippen LogP contribution in [0.4, 0.5) is 0 Å². The molecule has 7 heteroatoms. The second-order valence-corrected chi connectivity index (χ2v) is 5.32. The number of halogens is 1. The highest BCUT2D eigenvalue weighted by Gasteiger charge is 2.22. The Balaban J connectivity index is 1.92. The van der Waals surface area contributed by atoms with Gasteiger partial charge in [0.05, 0.1) is 23.8 Å². The fourth-order valence-corrected chi connectivity index (χ4v) is 2.51. The molecule has 1 aliphatic rings. The third-order valence-corrected chi connectivity index (χ3v) is 3.77. The van der Waals surface area contributed by atoms with Crippen LogP contribution in [0.25, 0.3) is 0 Å². The van der Waals surface area contributed by atoms with Gasteiger partial charge in [-0.25, -0.2) is 4.98 Å². The van der Waals surface area contributed by atoms with E-state index in [1.54, 1.807) is 30.5 Å². The van der Waals surface area contributed by atoms with E-state index >= 15 is 0 Å². The van der Waals surface area contributed by atoms with Gasteiger partial charge in [0.2, 0.25) is 5.88 Å². The van der Waals surface area contributed by atoms with Gasteiger partial charge in [0.25, 0.3) is 0 Å². The fourth-order valence-electron chi connectivity index (χ4n) is 2.34. The summed E-state index contributed by atoms with van der Waals surface area (Å²) >= 11 is 6.13. The Hall–Kier alpha value is -2.31. The van der Waals surface area contributed by atoms with E-state index in [9.17, 15) is 5.21 Å². The van der Waals surface area contributed by atoms with Crippen LogP contribution in [-0.2, 0) is 4.74 Å². The summed E-state index contributed by atoms with van der Waals surface area (Å²) in [5.74, 6) is 1.23. The Morgan fingerprint density at radius 1 is 1.22 bits per heavy atom. The van der Waals surface area contributed by atoms with Gasteiger partial charge < -0.3 is 19.6 Å². The van der Waals surface area contributed by atoms with Gasteiger partial charge in [0, 0.05) is 19.3 Å². The normalized spacial score (nSPS) is 15.5. The second kappa shape index (κ2) is 7.30. The molecule has 0 atom stereocenters. The first-order valence-corrected chi connectivity index (χ1v) is 7.60. The Bertz CT molecular complexity index is 702. The minimum absolute atomic E-state index is 0.333. The molecule has 1 aromatic heterocycles. The van der Waals surface area contributed by atoms with Crippen LogP contribution in [0.3, 0.4) is 0 Å². The van der Waals surface area contributed by atoms with E-state index in [0.29, 0.717) is 54.4 Å². The Morgan fingerprint density at radius 2 is 2.00 bits per heavy atom. The summed E-state index contributed by atoms with van der Waals surface area (Å²) in [6.07, 6.45) is 1.62. The summed E-state index contributed by atoms with van der Waals surface area (Å²) in [5.41, 5.74) is 0.594. The number of pyridine rings is 1. The predicted octanol–water partition coefficient (Wildman–Crippen LogP) is 3.00. The van der Waals surface area contributed by atoms with Crippen LogP contribution in [0, 0.1) is 0 Å². The summed E-state index contributed by atoms with van der Waals surface area (Å²) < 4.78 is 11.2. The topological polar surface area (TPSA) is 67.2 Å². The molecule has 2 aromatic rings. The van der Waals surface area contributed by atoms with Crippen LogP contribution >= 0.6 is 11.6 Å². The standard InChI is InChI=1S/C16H16ClN3O3/c17-13-5-1-2-6-14(13)23-16-12(4-3-7-18-16)15(19-21)20-8-10-22-11-9-20/h1-7,21H,8-11H2/b19-15-. The SMILES string of the molecule is O/N=C(/c1cccnc1Oc1ccccc1Cl)N1CCOCC1. The van der Waals surface area contributed by atoms with E-state index in [1.807, 2.05) is 17.0 Å². The highest BCUT2D eigenvalue weighted by atomic mass is 35.5. The quantitative estimate of drug-likeness (QED) is 0.405. The molecule has 0 radical (unpaired) electrons. The van der Waals surface area contributed by atoms with Crippen molar-refractivity contribution in [1.82, 2.24) is 9.88 Å². The molecule has 23 heavy (non-hydrogen) atoms. The third kappa shape index (κ3) is 3.55. The zero-order valence-corrected chi connectivity index (χ0v) is 13.1. The summed E-state index contributed by atoms with van der Waals surface area (Å²) in [6.45, 7) is 2.44. The Kier molecular flexibility index (Phi) is 4.95. The van der Waals surface area contributed by atoms with Crippen molar-refractivity contribution in [1.29, 1.82) is 0 Å². The average Bonchev–Trinajstić information content (AvgIpc) is 2.60. The van der Waals surface area contributed by atoms with Crippen LogP contribution in [0.1, 0.15) is 5.56 Å². The van der Waals surface area contributed by atoms with Gasteiger partial charge in [-0.05, 0) is 24.3 Å². The zero-order valence-electron chi connectivity index (χ0n) is 12.4. The van der Waals surface area contributed by atoms with Crippen molar-refractivity contribution >= 4 is 17.4 Å². The van der Waals surface area contributed by atoms with E-state index in [4.69, 9.17) is 21.1 Å². The van der Waals surface area contributed by atoms with Crippen molar-refractivity contribution in [2.75, 3.05) is 26.3 Å². The lowest BCUT2D eigenvalue weighted by Crippen LogP contribution is -2.41. The minimum Gasteiger partial charge on any atom is -0.437 e. The van der Waals surface area contributed by atoms with Gasteiger partial charge in [-0.2, -0.15) is 0 Å². The molecule has 1 aromatic carbocycles. The number of hydrogen-bond acceptors (Lipinski definition) is 5. The molecule has 1 N–H and O–H groups in total. The number of nitrogens with zero attached hydrogens (tertiary/aromatic N) is 3. The molecule has 0 bridgehead atoms. The lowest BCUT2D eigenvalue weighted by atomic mass is 10.2. The summed E-state index contributed by atoms with van der Waals surface area (Å²) in [7, 11) is 0. The fraction of sp³-hybridized carbons (Fsp3) is 0.250. The molecule has 3 rings (SSSR count). The van der Waals surface area contributed by atoms with E-state index in [-0.39, 0.29) is 0 Å². The maximum absolute atomic E-state index is 9.47. The van der Waals surface area contributed by atoms with Crippen LogP contribution in [-0.4, -0.2) is 47.2 Å². The first kappa shape index (κ1) is 15.6. The van der Waals surface area contributed by atoms with Gasteiger partial charge in [0.15, 0.2) is 5.84 Å². The molecule has 6 nitrogen and oxygen atoms in total. The summed E-state index contributed by atoms with van der Waals surface area (Å²) in [4.78, 5) is 6.18. The molecule has 1 aliphatic heterocycles. The van der Waals surface area contributed by atoms with Crippen molar-refractivity contribution in [2.45, 2.75) is 0 Å². The average molecular weight is 334 g/mol. The lowest BCUT2D eigenvalue weighted by Gasteiger charge is -2.29. The molecule has 0 aliphatic carbocycles. The number of para-hydroxylation sites is 1. The zero-order chi connectivity index (χ0) is 16.1. The Morgan fingerprint density at radius 3 is 2.74 bits per heavy atom. The summed E-state index contributed by atoms with van der Waals surface area (Å²) in [5, 5.41) is 13.4. The van der Waals surface area contributed by atoms with Crippen LogP contribution in [0.5, 0.6) is 11.6 Å². The first-order valence-electron chi connectivity index (χ1n) is 7.22. The van der Waals surface area contributed by atoms with Crippen molar-refractivity contribution in [3.05, 3.63) is 53.2 Å². The number of hydrogen-bond donors (Lipinski definition) is 1. The molecule has 1 saturated heterocycles. The van der Waals surface area contributed by atoms with Crippen molar-refractivity contribution in [2.24, 2.45) is 5.16 Å². The molecule has 1 fully saturated rings. The molecular weight excluding hydrogens is 318 g/mol. The largest absolute Gasteiger partial charge is 0.437 e. The third-order valence-electron chi connectivity index (χ3n) is 3.46. The van der Waals surface area contributed by atoms with E-state index < -0.39 is 0 Å². The number of ether oxygens (including phenoxy) is 2. The maximum Gasteiger partial charge on any atom is 0.230 e. The highest BCUT2D eigenvalue weighted by Crippen LogP contribution is 2.30. The predicted molar refractivity (Wildman–Crippen MR) is 86.5 cm³/mol. The monoisotopic (exact) mass is 333 g/mol. The smallest absolute Gasteiger partial charge is 0.230 e. The summed E-state index contributed by atoms with van der Waals surface area (Å²) in [6, 6.07) is 10.7. The van der Waals surface area contributed by atoms with Crippen LogP contribution in [0.15, 0.2) is 47.8 Å². The lowest BCUT2D eigenvalue weighted by molar-refractivity contribution is 0.0667. The second-order valence-electron chi connectivity index (χ2n) is 4.91. The molecule has 2 heterocycles. The number of morpholine rings is 1. The van der Waals surface area contributed by atoms with Crippen molar-refractivity contribution < 1.29 is 14.7 Å². The number of oxime groups is 1. The molecule has 0 saturated carbocycles. The number of benzene rings is 1. The maximum atomic E-state index is 9.47. The van der Waals surface area contributed by atoms with E-state index in [1.165, 1.54) is 0 Å². The van der Waals surface area contributed by atoms with Crippen molar-refractivity contribution in [3.63, 3.8) is 0 Å². The van der Waals surface area contributed by atoms with Gasteiger partial charge in [0.1, 0.15) is 5.75 Å². The van der Waals surface area contributed by atoms with Gasteiger partial charge in [-0.1, -0.05) is 28.9 Å². The molecule has 0 amide bonds. The minimum atomic E-state index is 0.333. The number of amidine groups is 1.